The molecule has 0 saturated heterocycles. The Morgan fingerprint density at radius 3 is 2.81 bits per heavy atom. The molecule has 0 aliphatic rings. The Hall–Kier alpha value is -0.710. The molecule has 0 fully saturated rings. The largest absolute Gasteiger partial charge is 0.380 e. The van der Waals surface area contributed by atoms with Crippen LogP contribution in [0.5, 0.6) is 0 Å². The Labute approximate surface area is 99.7 Å². The first-order chi connectivity index (χ1) is 7.72. The van der Waals surface area contributed by atoms with Crippen molar-refractivity contribution in [3.05, 3.63) is 35.4 Å². The average molecular weight is 241 g/mol. The van der Waals surface area contributed by atoms with Gasteiger partial charge < -0.3 is 10.1 Å². The fourth-order valence-corrected chi connectivity index (χ4v) is 1.88. The molecule has 0 aromatic heterocycles. The van der Waals surface area contributed by atoms with Crippen LogP contribution in [0.3, 0.4) is 0 Å². The van der Waals surface area contributed by atoms with Gasteiger partial charge in [-0.2, -0.15) is 0 Å². The maximum Gasteiger partial charge on any atom is 0.0713 e. The van der Waals surface area contributed by atoms with E-state index >= 15 is 0 Å². The summed E-state index contributed by atoms with van der Waals surface area (Å²) in [4.78, 5) is 0. The summed E-state index contributed by atoms with van der Waals surface area (Å²) in [5.41, 5.74) is 2.41. The highest BCUT2D eigenvalue weighted by molar-refractivity contribution is 7.84. The number of nitrogens with one attached hydrogen (secondary N) is 1. The van der Waals surface area contributed by atoms with Crippen molar-refractivity contribution in [2.24, 2.45) is 0 Å². The standard InChI is InChI=1S/C12H19NO2S/c1-15-10-12-5-3-4-11(8-12)9-13-6-7-16(2)14/h3-5,8,13H,6-7,9-10H2,1-2H3. The van der Waals surface area contributed by atoms with Gasteiger partial charge in [-0.05, 0) is 11.1 Å². The molecule has 16 heavy (non-hydrogen) atoms. The monoisotopic (exact) mass is 241 g/mol. The van der Waals surface area contributed by atoms with E-state index in [-0.39, 0.29) is 0 Å². The quantitative estimate of drug-likeness (QED) is 0.731. The van der Waals surface area contributed by atoms with Gasteiger partial charge in [0.15, 0.2) is 0 Å². The number of hydrogen-bond acceptors (Lipinski definition) is 3. The molecular formula is C12H19NO2S. The smallest absolute Gasteiger partial charge is 0.0713 e. The molecule has 0 spiro atoms. The normalized spacial score (nSPS) is 12.6. The molecule has 0 aliphatic carbocycles. The van der Waals surface area contributed by atoms with E-state index in [2.05, 4.69) is 17.4 Å². The second kappa shape index (κ2) is 7.54. The Morgan fingerprint density at radius 2 is 2.12 bits per heavy atom. The summed E-state index contributed by atoms with van der Waals surface area (Å²) in [7, 11) is 0.983. The van der Waals surface area contributed by atoms with Crippen molar-refractivity contribution in [2.75, 3.05) is 25.7 Å². The minimum Gasteiger partial charge on any atom is -0.380 e. The number of benzene rings is 1. The van der Waals surface area contributed by atoms with Crippen molar-refractivity contribution in [1.29, 1.82) is 0 Å². The van der Waals surface area contributed by atoms with Gasteiger partial charge in [0.2, 0.25) is 0 Å². The first kappa shape index (κ1) is 13.4. The van der Waals surface area contributed by atoms with Crippen LogP contribution in [0.15, 0.2) is 24.3 Å². The molecule has 4 heteroatoms. The second-order valence-electron chi connectivity index (χ2n) is 3.71. The highest BCUT2D eigenvalue weighted by Crippen LogP contribution is 2.05. The fourth-order valence-electron chi connectivity index (χ4n) is 1.44. The van der Waals surface area contributed by atoms with Crippen LogP contribution >= 0.6 is 0 Å². The van der Waals surface area contributed by atoms with Gasteiger partial charge in [-0.25, -0.2) is 0 Å². The topological polar surface area (TPSA) is 38.3 Å². The number of rotatable bonds is 7. The highest BCUT2D eigenvalue weighted by Gasteiger charge is 1.96. The zero-order valence-electron chi connectivity index (χ0n) is 9.86. The van der Waals surface area contributed by atoms with Gasteiger partial charge in [0.25, 0.3) is 0 Å². The molecule has 0 amide bonds. The van der Waals surface area contributed by atoms with E-state index in [1.54, 1.807) is 13.4 Å². The predicted molar refractivity (Wildman–Crippen MR) is 67.8 cm³/mol. The van der Waals surface area contributed by atoms with Crippen LogP contribution in [-0.4, -0.2) is 29.9 Å². The molecule has 0 heterocycles. The molecule has 0 radical (unpaired) electrons. The Balaban J connectivity index is 2.35. The van der Waals surface area contributed by atoms with Gasteiger partial charge in [0.1, 0.15) is 0 Å². The molecule has 1 unspecified atom stereocenters. The summed E-state index contributed by atoms with van der Waals surface area (Å²) in [5.74, 6) is 0.706. The first-order valence-electron chi connectivity index (χ1n) is 5.30. The molecule has 0 saturated carbocycles. The maximum atomic E-state index is 10.8. The summed E-state index contributed by atoms with van der Waals surface area (Å²) in [6, 6.07) is 8.28. The summed E-state index contributed by atoms with van der Waals surface area (Å²) < 4.78 is 15.9. The first-order valence-corrected chi connectivity index (χ1v) is 7.02. The molecule has 90 valence electrons. The van der Waals surface area contributed by atoms with Crippen molar-refractivity contribution in [1.82, 2.24) is 5.32 Å². The third-order valence-corrected chi connectivity index (χ3v) is 2.98. The van der Waals surface area contributed by atoms with Crippen LogP contribution in [-0.2, 0) is 28.7 Å². The lowest BCUT2D eigenvalue weighted by molar-refractivity contribution is 0.185. The minimum absolute atomic E-state index is 0.646. The van der Waals surface area contributed by atoms with Gasteiger partial charge in [-0.3, -0.25) is 4.21 Å². The van der Waals surface area contributed by atoms with Gasteiger partial charge in [0.05, 0.1) is 6.61 Å². The molecule has 0 aliphatic heterocycles. The molecule has 1 N–H and O–H groups in total. The van der Waals surface area contributed by atoms with Gasteiger partial charge in [-0.15, -0.1) is 0 Å². The summed E-state index contributed by atoms with van der Waals surface area (Å²) >= 11 is 0. The van der Waals surface area contributed by atoms with Crippen LogP contribution in [0.25, 0.3) is 0 Å². The number of methoxy groups -OCH3 is 1. The van der Waals surface area contributed by atoms with E-state index in [9.17, 15) is 4.21 Å². The lowest BCUT2D eigenvalue weighted by Gasteiger charge is -2.06. The Kier molecular flexibility index (Phi) is 6.30. The van der Waals surface area contributed by atoms with Crippen molar-refractivity contribution in [2.45, 2.75) is 13.2 Å². The summed E-state index contributed by atoms with van der Waals surface area (Å²) in [6.45, 7) is 2.25. The van der Waals surface area contributed by atoms with Crippen molar-refractivity contribution < 1.29 is 8.95 Å². The molecule has 0 bridgehead atoms. The molecule has 3 nitrogen and oxygen atoms in total. The number of ether oxygens (including phenoxy) is 1. The van der Waals surface area contributed by atoms with E-state index in [1.165, 1.54) is 11.1 Å². The van der Waals surface area contributed by atoms with Gasteiger partial charge in [-0.1, -0.05) is 24.3 Å². The van der Waals surface area contributed by atoms with Crippen LogP contribution < -0.4 is 5.32 Å². The lowest BCUT2D eigenvalue weighted by Crippen LogP contribution is -2.19. The average Bonchev–Trinajstić information content (AvgIpc) is 2.25. The molecular weight excluding hydrogens is 222 g/mol. The van der Waals surface area contributed by atoms with E-state index in [1.807, 2.05) is 12.1 Å². The molecule has 1 rings (SSSR count). The predicted octanol–water partition coefficient (Wildman–Crippen LogP) is 1.30. The van der Waals surface area contributed by atoms with E-state index < -0.39 is 10.8 Å². The second-order valence-corrected chi connectivity index (χ2v) is 5.26. The van der Waals surface area contributed by atoms with E-state index in [4.69, 9.17) is 4.74 Å². The third kappa shape index (κ3) is 5.39. The van der Waals surface area contributed by atoms with Crippen LogP contribution in [0, 0.1) is 0 Å². The summed E-state index contributed by atoms with van der Waals surface area (Å²) in [6.07, 6.45) is 1.72. The SMILES string of the molecule is COCc1cccc(CNCCS(C)=O)c1. The molecule has 1 aromatic rings. The third-order valence-electron chi connectivity index (χ3n) is 2.20. The Bertz CT molecular complexity index is 342. The van der Waals surface area contributed by atoms with Crippen LogP contribution in [0.1, 0.15) is 11.1 Å². The van der Waals surface area contributed by atoms with Crippen molar-refractivity contribution in [3.8, 4) is 0 Å². The van der Waals surface area contributed by atoms with Gasteiger partial charge in [0, 0.05) is 43.0 Å². The minimum atomic E-state index is -0.713. The highest BCUT2D eigenvalue weighted by atomic mass is 32.2. The fraction of sp³-hybridized carbons (Fsp3) is 0.500. The number of hydrogen-bond donors (Lipinski definition) is 1. The van der Waals surface area contributed by atoms with Crippen LogP contribution in [0.4, 0.5) is 0 Å². The lowest BCUT2D eigenvalue weighted by atomic mass is 10.1. The summed E-state index contributed by atoms with van der Waals surface area (Å²) in [5, 5.41) is 3.27. The van der Waals surface area contributed by atoms with Crippen molar-refractivity contribution >= 4 is 10.8 Å². The van der Waals surface area contributed by atoms with Gasteiger partial charge >= 0.3 is 0 Å². The van der Waals surface area contributed by atoms with E-state index in [0.29, 0.717) is 12.4 Å². The Morgan fingerprint density at radius 1 is 1.38 bits per heavy atom. The molecule has 1 atom stereocenters. The zero-order chi connectivity index (χ0) is 11.8. The van der Waals surface area contributed by atoms with Crippen molar-refractivity contribution in [3.63, 3.8) is 0 Å². The maximum absolute atomic E-state index is 10.8. The van der Waals surface area contributed by atoms with Crippen LogP contribution in [0.2, 0.25) is 0 Å². The zero-order valence-corrected chi connectivity index (χ0v) is 10.7. The molecule has 1 aromatic carbocycles. The van der Waals surface area contributed by atoms with E-state index in [0.717, 1.165) is 13.1 Å².